The van der Waals surface area contributed by atoms with Gasteiger partial charge >= 0.3 is 5.97 Å². The number of unbranched alkanes of at least 4 members (excludes halogenated alkanes) is 3. The number of hydrogen-bond acceptors (Lipinski definition) is 3. The van der Waals surface area contributed by atoms with Crippen LogP contribution in [0.25, 0.3) is 0 Å². The molecule has 0 aliphatic rings. The summed E-state index contributed by atoms with van der Waals surface area (Å²) in [7, 11) is 0. The van der Waals surface area contributed by atoms with Gasteiger partial charge in [0.2, 0.25) is 0 Å². The van der Waals surface area contributed by atoms with Crippen LogP contribution in [0.4, 0.5) is 0 Å². The molecule has 5 heteroatoms. The van der Waals surface area contributed by atoms with Crippen LogP contribution in [-0.4, -0.2) is 32.6 Å². The molecule has 0 aliphatic heterocycles. The Morgan fingerprint density at radius 3 is 2.62 bits per heavy atom. The molecule has 16 heavy (non-hydrogen) atoms. The van der Waals surface area contributed by atoms with E-state index in [-0.39, 0.29) is 12.2 Å². The molecule has 0 aliphatic carbocycles. The highest BCUT2D eigenvalue weighted by atomic mass is 16.4. The molecule has 5 nitrogen and oxygen atoms in total. The highest BCUT2D eigenvalue weighted by molar-refractivity contribution is 5.88. The minimum absolute atomic E-state index is 0.240. The SMILES string of the molecule is Cc1nn(CCCCCCO)cc1C(=O)O. The summed E-state index contributed by atoms with van der Waals surface area (Å²) in [5.41, 5.74) is 0.832. The number of aryl methyl sites for hydroxylation is 2. The predicted octanol–water partition coefficient (Wildman–Crippen LogP) is 1.44. The van der Waals surface area contributed by atoms with Crippen LogP contribution in [0.1, 0.15) is 41.7 Å². The van der Waals surface area contributed by atoms with E-state index in [4.69, 9.17) is 10.2 Å². The minimum atomic E-state index is -0.927. The van der Waals surface area contributed by atoms with Crippen molar-refractivity contribution in [3.05, 3.63) is 17.5 Å². The molecule has 0 radical (unpaired) electrons. The molecule has 0 saturated carbocycles. The monoisotopic (exact) mass is 226 g/mol. The molecular formula is C11H18N2O3. The summed E-state index contributed by atoms with van der Waals surface area (Å²) in [6.07, 6.45) is 5.40. The smallest absolute Gasteiger partial charge is 0.339 e. The van der Waals surface area contributed by atoms with E-state index in [2.05, 4.69) is 5.10 Å². The fraction of sp³-hybridized carbons (Fsp3) is 0.636. The van der Waals surface area contributed by atoms with Crippen LogP contribution < -0.4 is 0 Å². The van der Waals surface area contributed by atoms with Crippen LogP contribution in [0.3, 0.4) is 0 Å². The molecule has 1 aromatic heterocycles. The van der Waals surface area contributed by atoms with E-state index >= 15 is 0 Å². The molecule has 0 amide bonds. The average Bonchev–Trinajstić information content (AvgIpc) is 2.59. The second-order valence-corrected chi connectivity index (χ2v) is 3.83. The van der Waals surface area contributed by atoms with E-state index in [1.165, 1.54) is 0 Å². The number of nitrogens with zero attached hydrogens (tertiary/aromatic N) is 2. The van der Waals surface area contributed by atoms with Crippen molar-refractivity contribution in [2.24, 2.45) is 0 Å². The quantitative estimate of drug-likeness (QED) is 0.690. The first kappa shape index (κ1) is 12.7. The zero-order valence-corrected chi connectivity index (χ0v) is 9.52. The summed E-state index contributed by atoms with van der Waals surface area (Å²) >= 11 is 0. The van der Waals surface area contributed by atoms with E-state index in [1.807, 2.05) is 0 Å². The Morgan fingerprint density at radius 2 is 2.06 bits per heavy atom. The summed E-state index contributed by atoms with van der Waals surface area (Å²) in [6.45, 7) is 2.68. The Morgan fingerprint density at radius 1 is 1.38 bits per heavy atom. The maximum Gasteiger partial charge on any atom is 0.339 e. The first-order chi connectivity index (χ1) is 7.65. The molecule has 0 bridgehead atoms. The van der Waals surface area contributed by atoms with Crippen LogP contribution >= 0.6 is 0 Å². The highest BCUT2D eigenvalue weighted by Crippen LogP contribution is 2.07. The molecule has 90 valence electrons. The first-order valence-electron chi connectivity index (χ1n) is 5.53. The third-order valence-corrected chi connectivity index (χ3v) is 2.47. The van der Waals surface area contributed by atoms with Crippen LogP contribution in [0.2, 0.25) is 0 Å². The zero-order valence-electron chi connectivity index (χ0n) is 9.52. The summed E-state index contributed by atoms with van der Waals surface area (Å²) in [5, 5.41) is 21.6. The normalized spacial score (nSPS) is 10.6. The van der Waals surface area contributed by atoms with Gasteiger partial charge in [0.15, 0.2) is 0 Å². The number of carboxylic acid groups (broad SMARTS) is 1. The lowest BCUT2D eigenvalue weighted by atomic mass is 10.2. The van der Waals surface area contributed by atoms with Crippen molar-refractivity contribution < 1.29 is 15.0 Å². The number of aliphatic hydroxyl groups excluding tert-OH is 1. The summed E-state index contributed by atoms with van der Waals surface area (Å²) in [4.78, 5) is 10.8. The van der Waals surface area contributed by atoms with Crippen LogP contribution in [0.15, 0.2) is 6.20 Å². The van der Waals surface area contributed by atoms with Gasteiger partial charge in [0, 0.05) is 19.3 Å². The summed E-state index contributed by atoms with van der Waals surface area (Å²) in [5.74, 6) is -0.927. The standard InChI is InChI=1S/C11H18N2O3/c1-9-10(11(15)16)8-13(12-9)6-4-2-3-5-7-14/h8,14H,2-7H2,1H3,(H,15,16). The van der Waals surface area contributed by atoms with Gasteiger partial charge in [-0.3, -0.25) is 4.68 Å². The van der Waals surface area contributed by atoms with Crippen molar-refractivity contribution >= 4 is 5.97 Å². The molecule has 2 N–H and O–H groups in total. The lowest BCUT2D eigenvalue weighted by molar-refractivity contribution is 0.0696. The van der Waals surface area contributed by atoms with Crippen LogP contribution in [0.5, 0.6) is 0 Å². The topological polar surface area (TPSA) is 75.3 Å². The zero-order chi connectivity index (χ0) is 12.0. The van der Waals surface area contributed by atoms with E-state index < -0.39 is 5.97 Å². The van der Waals surface area contributed by atoms with E-state index in [0.29, 0.717) is 5.69 Å². The van der Waals surface area contributed by atoms with Crippen molar-refractivity contribution in [3.63, 3.8) is 0 Å². The molecule has 0 aromatic carbocycles. The Balaban J connectivity index is 2.37. The Hall–Kier alpha value is -1.36. The van der Waals surface area contributed by atoms with Crippen LogP contribution in [-0.2, 0) is 6.54 Å². The number of hydrogen-bond donors (Lipinski definition) is 2. The Labute approximate surface area is 94.7 Å². The van der Waals surface area contributed by atoms with Crippen molar-refractivity contribution in [3.8, 4) is 0 Å². The van der Waals surface area contributed by atoms with Crippen molar-refractivity contribution in [2.75, 3.05) is 6.61 Å². The van der Waals surface area contributed by atoms with Crippen molar-refractivity contribution in [1.82, 2.24) is 9.78 Å². The summed E-state index contributed by atoms with van der Waals surface area (Å²) in [6, 6.07) is 0. The third-order valence-electron chi connectivity index (χ3n) is 2.47. The number of rotatable bonds is 7. The maximum atomic E-state index is 10.8. The Kier molecular flexibility index (Phi) is 4.98. The largest absolute Gasteiger partial charge is 0.478 e. The van der Waals surface area contributed by atoms with Gasteiger partial charge in [-0.2, -0.15) is 5.10 Å². The van der Waals surface area contributed by atoms with Gasteiger partial charge in [-0.25, -0.2) is 4.79 Å². The fourth-order valence-electron chi connectivity index (χ4n) is 1.58. The molecule has 0 fully saturated rings. The summed E-state index contributed by atoms with van der Waals surface area (Å²) < 4.78 is 1.68. The van der Waals surface area contributed by atoms with Gasteiger partial charge in [-0.1, -0.05) is 12.8 Å². The van der Waals surface area contributed by atoms with Crippen LogP contribution in [0, 0.1) is 6.92 Å². The molecular weight excluding hydrogens is 208 g/mol. The van der Waals surface area contributed by atoms with Gasteiger partial charge in [0.05, 0.1) is 5.69 Å². The van der Waals surface area contributed by atoms with Gasteiger partial charge in [0.25, 0.3) is 0 Å². The lowest BCUT2D eigenvalue weighted by Crippen LogP contribution is -1.99. The van der Waals surface area contributed by atoms with Gasteiger partial charge in [-0.15, -0.1) is 0 Å². The van der Waals surface area contributed by atoms with Gasteiger partial charge in [-0.05, 0) is 19.8 Å². The Bertz CT molecular complexity index is 347. The number of carboxylic acids is 1. The van der Waals surface area contributed by atoms with Gasteiger partial charge < -0.3 is 10.2 Å². The average molecular weight is 226 g/mol. The second-order valence-electron chi connectivity index (χ2n) is 3.83. The minimum Gasteiger partial charge on any atom is -0.478 e. The number of carbonyl (C=O) groups is 1. The number of aliphatic hydroxyl groups is 1. The fourth-order valence-corrected chi connectivity index (χ4v) is 1.58. The first-order valence-corrected chi connectivity index (χ1v) is 5.53. The molecule has 0 spiro atoms. The van der Waals surface area contributed by atoms with E-state index in [0.717, 1.165) is 32.2 Å². The molecule has 1 rings (SSSR count). The van der Waals surface area contributed by atoms with E-state index in [9.17, 15) is 4.79 Å². The van der Waals surface area contributed by atoms with Crippen molar-refractivity contribution in [2.45, 2.75) is 39.2 Å². The molecule has 0 unspecified atom stereocenters. The predicted molar refractivity (Wildman–Crippen MR) is 59.5 cm³/mol. The molecule has 1 heterocycles. The number of aromatic nitrogens is 2. The maximum absolute atomic E-state index is 10.8. The van der Waals surface area contributed by atoms with Crippen molar-refractivity contribution in [1.29, 1.82) is 0 Å². The van der Waals surface area contributed by atoms with Gasteiger partial charge in [0.1, 0.15) is 5.56 Å². The molecule has 0 saturated heterocycles. The molecule has 0 atom stereocenters. The molecule has 1 aromatic rings. The third kappa shape index (κ3) is 3.66. The lowest BCUT2D eigenvalue weighted by Gasteiger charge is -2.00. The highest BCUT2D eigenvalue weighted by Gasteiger charge is 2.10. The number of aromatic carboxylic acids is 1. The second kappa shape index (κ2) is 6.27. The van der Waals surface area contributed by atoms with E-state index in [1.54, 1.807) is 17.8 Å².